The molecule has 3 aromatic rings. The second-order valence-electron chi connectivity index (χ2n) is 6.19. The van der Waals surface area contributed by atoms with Crippen molar-refractivity contribution in [2.75, 3.05) is 18.2 Å². The molecular formula is C20H19Cl3N4O3S. The average molecular weight is 502 g/mol. The maximum Gasteiger partial charge on any atom is 0.234 e. The number of benzene rings is 2. The molecule has 0 aliphatic heterocycles. The van der Waals surface area contributed by atoms with Crippen molar-refractivity contribution >= 4 is 58.2 Å². The Balaban J connectivity index is 1.62. The third-order valence-electron chi connectivity index (χ3n) is 4.13. The molecule has 0 saturated carbocycles. The molecule has 31 heavy (non-hydrogen) atoms. The zero-order chi connectivity index (χ0) is 22.4. The number of nitrogens with one attached hydrogen (secondary N) is 1. The summed E-state index contributed by atoms with van der Waals surface area (Å²) in [6.07, 6.45) is 0. The van der Waals surface area contributed by atoms with Gasteiger partial charge in [0.05, 0.1) is 23.6 Å². The molecule has 164 valence electrons. The van der Waals surface area contributed by atoms with Gasteiger partial charge in [0.15, 0.2) is 11.0 Å². The number of carbonyl (C=O) groups excluding carboxylic acids is 1. The Kier molecular flexibility index (Phi) is 8.31. The van der Waals surface area contributed by atoms with Gasteiger partial charge in [0.1, 0.15) is 18.1 Å². The van der Waals surface area contributed by atoms with Gasteiger partial charge >= 0.3 is 0 Å². The summed E-state index contributed by atoms with van der Waals surface area (Å²) >= 11 is 19.4. The van der Waals surface area contributed by atoms with Crippen molar-refractivity contribution in [3.8, 4) is 11.5 Å². The highest BCUT2D eigenvalue weighted by Gasteiger charge is 2.15. The molecule has 7 nitrogen and oxygen atoms in total. The van der Waals surface area contributed by atoms with E-state index < -0.39 is 0 Å². The molecule has 1 amide bonds. The van der Waals surface area contributed by atoms with E-state index in [-0.39, 0.29) is 18.3 Å². The van der Waals surface area contributed by atoms with Crippen LogP contribution < -0.4 is 14.8 Å². The fourth-order valence-electron chi connectivity index (χ4n) is 2.67. The Hall–Kier alpha value is -2.13. The molecule has 0 atom stereocenters. The van der Waals surface area contributed by atoms with Gasteiger partial charge in [0, 0.05) is 22.7 Å². The number of hydrogen-bond acceptors (Lipinski definition) is 6. The summed E-state index contributed by atoms with van der Waals surface area (Å²) in [4.78, 5) is 12.4. The SMILES string of the molecule is CCn1c(COc2cc(Cl)ccc2Cl)nnc1SCC(=O)Nc1cc(Cl)ccc1OC. The van der Waals surface area contributed by atoms with E-state index in [4.69, 9.17) is 44.3 Å². The zero-order valence-electron chi connectivity index (χ0n) is 16.7. The Bertz CT molecular complexity index is 1080. The first-order chi connectivity index (χ1) is 14.9. The van der Waals surface area contributed by atoms with Gasteiger partial charge in [-0.3, -0.25) is 4.79 Å². The summed E-state index contributed by atoms with van der Waals surface area (Å²) in [5, 5.41) is 13.2. The maximum absolute atomic E-state index is 12.4. The van der Waals surface area contributed by atoms with Gasteiger partial charge in [-0.1, -0.05) is 46.6 Å². The first-order valence-electron chi connectivity index (χ1n) is 9.17. The van der Waals surface area contributed by atoms with Gasteiger partial charge in [-0.15, -0.1) is 10.2 Å². The number of aromatic nitrogens is 3. The number of methoxy groups -OCH3 is 1. The fraction of sp³-hybridized carbons (Fsp3) is 0.250. The minimum Gasteiger partial charge on any atom is -0.495 e. The van der Waals surface area contributed by atoms with Crippen molar-refractivity contribution in [1.29, 1.82) is 0 Å². The molecule has 0 unspecified atom stereocenters. The largest absolute Gasteiger partial charge is 0.495 e. The first-order valence-corrected chi connectivity index (χ1v) is 11.3. The van der Waals surface area contributed by atoms with Crippen LogP contribution in [0.25, 0.3) is 0 Å². The maximum atomic E-state index is 12.4. The lowest BCUT2D eigenvalue weighted by Gasteiger charge is -2.11. The van der Waals surface area contributed by atoms with E-state index in [1.807, 2.05) is 11.5 Å². The molecular weight excluding hydrogens is 483 g/mol. The summed E-state index contributed by atoms with van der Waals surface area (Å²) in [6.45, 7) is 2.73. The van der Waals surface area contributed by atoms with Gasteiger partial charge < -0.3 is 19.4 Å². The third kappa shape index (κ3) is 6.20. The Morgan fingerprint density at radius 2 is 1.84 bits per heavy atom. The van der Waals surface area contributed by atoms with Crippen LogP contribution in [0.5, 0.6) is 11.5 Å². The van der Waals surface area contributed by atoms with Crippen LogP contribution in [0.2, 0.25) is 15.1 Å². The third-order valence-corrected chi connectivity index (χ3v) is 5.88. The molecule has 0 aliphatic rings. The van der Waals surface area contributed by atoms with Crippen molar-refractivity contribution in [3.63, 3.8) is 0 Å². The van der Waals surface area contributed by atoms with E-state index in [1.54, 1.807) is 36.4 Å². The lowest BCUT2D eigenvalue weighted by Crippen LogP contribution is -2.15. The second-order valence-corrected chi connectivity index (χ2v) is 8.41. The number of rotatable bonds is 9. The van der Waals surface area contributed by atoms with E-state index in [2.05, 4.69) is 15.5 Å². The monoisotopic (exact) mass is 500 g/mol. The molecule has 1 heterocycles. The van der Waals surface area contributed by atoms with E-state index in [9.17, 15) is 4.79 Å². The van der Waals surface area contributed by atoms with Crippen LogP contribution in [0.15, 0.2) is 41.6 Å². The smallest absolute Gasteiger partial charge is 0.234 e. The number of nitrogens with zero attached hydrogens (tertiary/aromatic N) is 3. The van der Waals surface area contributed by atoms with E-state index in [0.29, 0.717) is 49.8 Å². The summed E-state index contributed by atoms with van der Waals surface area (Å²) in [7, 11) is 1.53. The van der Waals surface area contributed by atoms with Crippen molar-refractivity contribution in [1.82, 2.24) is 14.8 Å². The Morgan fingerprint density at radius 3 is 2.58 bits per heavy atom. The number of carbonyl (C=O) groups is 1. The minimum absolute atomic E-state index is 0.134. The normalized spacial score (nSPS) is 10.7. The standard InChI is InChI=1S/C20H19Cl3N4O3S/c1-3-27-18(10-30-17-9-13(22)4-6-14(17)23)25-26-20(27)31-11-19(28)24-15-8-12(21)5-7-16(15)29-2/h4-9H,3,10-11H2,1-2H3,(H,24,28). The van der Waals surface area contributed by atoms with Crippen molar-refractivity contribution in [2.45, 2.75) is 25.2 Å². The minimum atomic E-state index is -0.222. The number of hydrogen-bond donors (Lipinski definition) is 1. The summed E-state index contributed by atoms with van der Waals surface area (Å²) in [5.41, 5.74) is 0.505. The van der Waals surface area contributed by atoms with E-state index >= 15 is 0 Å². The Morgan fingerprint density at radius 1 is 1.10 bits per heavy atom. The summed E-state index contributed by atoms with van der Waals surface area (Å²) < 4.78 is 12.9. The lowest BCUT2D eigenvalue weighted by molar-refractivity contribution is -0.113. The molecule has 11 heteroatoms. The highest BCUT2D eigenvalue weighted by atomic mass is 35.5. The number of amides is 1. The van der Waals surface area contributed by atoms with Crippen LogP contribution in [0.4, 0.5) is 5.69 Å². The number of anilines is 1. The van der Waals surface area contributed by atoms with Crippen molar-refractivity contribution in [3.05, 3.63) is 57.3 Å². The quantitative estimate of drug-likeness (QED) is 0.386. The van der Waals surface area contributed by atoms with E-state index in [1.165, 1.54) is 18.9 Å². The molecule has 0 fully saturated rings. The molecule has 0 radical (unpaired) electrons. The summed E-state index contributed by atoms with van der Waals surface area (Å²) in [5.74, 6) is 1.51. The summed E-state index contributed by atoms with van der Waals surface area (Å²) in [6, 6.07) is 10.0. The molecule has 3 rings (SSSR count). The lowest BCUT2D eigenvalue weighted by atomic mass is 10.3. The van der Waals surface area contributed by atoms with Crippen molar-refractivity contribution in [2.24, 2.45) is 0 Å². The van der Waals surface area contributed by atoms with Crippen LogP contribution in [-0.2, 0) is 17.9 Å². The van der Waals surface area contributed by atoms with Gasteiger partial charge in [0.2, 0.25) is 5.91 Å². The highest BCUT2D eigenvalue weighted by Crippen LogP contribution is 2.29. The topological polar surface area (TPSA) is 78.3 Å². The number of halogens is 3. The molecule has 0 saturated heterocycles. The Labute approximate surface area is 199 Å². The predicted molar refractivity (Wildman–Crippen MR) is 124 cm³/mol. The number of thioether (sulfide) groups is 1. The van der Waals surface area contributed by atoms with Crippen LogP contribution in [0, 0.1) is 0 Å². The van der Waals surface area contributed by atoms with Gasteiger partial charge in [-0.05, 0) is 37.3 Å². The van der Waals surface area contributed by atoms with Crippen LogP contribution >= 0.6 is 46.6 Å². The zero-order valence-corrected chi connectivity index (χ0v) is 19.8. The first kappa shape index (κ1) is 23.5. The predicted octanol–water partition coefficient (Wildman–Crippen LogP) is 5.58. The molecule has 0 aliphatic carbocycles. The molecule has 2 aromatic carbocycles. The van der Waals surface area contributed by atoms with Gasteiger partial charge in [-0.2, -0.15) is 0 Å². The fourth-order valence-corrected chi connectivity index (χ4v) is 4.00. The average Bonchev–Trinajstić information content (AvgIpc) is 3.15. The number of ether oxygens (including phenoxy) is 2. The van der Waals surface area contributed by atoms with Gasteiger partial charge in [-0.25, -0.2) is 0 Å². The molecule has 0 bridgehead atoms. The van der Waals surface area contributed by atoms with E-state index in [0.717, 1.165) is 0 Å². The van der Waals surface area contributed by atoms with Crippen molar-refractivity contribution < 1.29 is 14.3 Å². The van der Waals surface area contributed by atoms with Gasteiger partial charge in [0.25, 0.3) is 0 Å². The second kappa shape index (κ2) is 10.9. The van der Waals surface area contributed by atoms with Crippen LogP contribution in [0.3, 0.4) is 0 Å². The van der Waals surface area contributed by atoms with Crippen LogP contribution in [0.1, 0.15) is 12.7 Å². The molecule has 1 N–H and O–H groups in total. The molecule has 1 aromatic heterocycles. The molecule has 0 spiro atoms. The van der Waals surface area contributed by atoms with Crippen LogP contribution in [-0.4, -0.2) is 33.5 Å². The highest BCUT2D eigenvalue weighted by molar-refractivity contribution is 7.99.